The summed E-state index contributed by atoms with van der Waals surface area (Å²) in [7, 11) is -1.71. The van der Waals surface area contributed by atoms with Gasteiger partial charge in [-0.25, -0.2) is 4.39 Å². The van der Waals surface area contributed by atoms with Gasteiger partial charge in [0, 0.05) is 6.07 Å². The van der Waals surface area contributed by atoms with E-state index in [1.807, 2.05) is 31.2 Å². The topological polar surface area (TPSA) is 49.7 Å². The third-order valence-corrected chi connectivity index (χ3v) is 2.85. The number of ether oxygens (including phenoxy) is 1. The van der Waals surface area contributed by atoms with Gasteiger partial charge in [0.15, 0.2) is 0 Å². The van der Waals surface area contributed by atoms with Crippen LogP contribution in [0.15, 0.2) is 42.5 Å². The molecule has 0 bridgehead atoms. The molecule has 2 aromatic rings. The molecule has 19 heavy (non-hydrogen) atoms. The summed E-state index contributed by atoms with van der Waals surface area (Å²) in [6, 6.07) is 11.4. The van der Waals surface area contributed by atoms with Crippen molar-refractivity contribution in [2.45, 2.75) is 13.5 Å². The molecule has 0 saturated carbocycles. The van der Waals surface area contributed by atoms with Gasteiger partial charge in [-0.1, -0.05) is 24.3 Å². The molecule has 2 rings (SSSR count). The first kappa shape index (κ1) is 13.6. The quantitative estimate of drug-likeness (QED) is 0.817. The standard InChI is InChI=1S/C14H14BFO3/c1-10-4-2-3-5-11(10)9-19-14-7-12(15(17)18)6-13(16)8-14/h2-8,17-18H,9H2,1H3. The fourth-order valence-electron chi connectivity index (χ4n) is 1.75. The van der Waals surface area contributed by atoms with Crippen molar-refractivity contribution in [2.75, 3.05) is 0 Å². The first-order chi connectivity index (χ1) is 9.06. The van der Waals surface area contributed by atoms with Gasteiger partial charge in [0.1, 0.15) is 18.2 Å². The van der Waals surface area contributed by atoms with Gasteiger partial charge in [0.25, 0.3) is 0 Å². The number of halogens is 1. The van der Waals surface area contributed by atoms with E-state index in [9.17, 15) is 4.39 Å². The summed E-state index contributed by atoms with van der Waals surface area (Å²) in [6.07, 6.45) is 0. The molecular formula is C14H14BFO3. The van der Waals surface area contributed by atoms with Crippen molar-refractivity contribution >= 4 is 12.6 Å². The average molecular weight is 260 g/mol. The van der Waals surface area contributed by atoms with Crippen LogP contribution in [0.2, 0.25) is 0 Å². The minimum Gasteiger partial charge on any atom is -0.489 e. The largest absolute Gasteiger partial charge is 0.489 e. The van der Waals surface area contributed by atoms with Crippen LogP contribution in [0.3, 0.4) is 0 Å². The number of hydrogen-bond acceptors (Lipinski definition) is 3. The lowest BCUT2D eigenvalue weighted by atomic mass is 9.80. The Kier molecular flexibility index (Phi) is 4.19. The Balaban J connectivity index is 2.14. The summed E-state index contributed by atoms with van der Waals surface area (Å²) in [4.78, 5) is 0. The molecule has 0 amide bonds. The number of benzene rings is 2. The Bertz CT molecular complexity index is 572. The van der Waals surface area contributed by atoms with Crippen LogP contribution in [0.25, 0.3) is 0 Å². The minimum atomic E-state index is -1.71. The van der Waals surface area contributed by atoms with E-state index in [1.54, 1.807) is 0 Å². The smallest absolute Gasteiger partial charge is 0.488 e. The average Bonchev–Trinajstić information content (AvgIpc) is 2.37. The van der Waals surface area contributed by atoms with Crippen LogP contribution in [0.5, 0.6) is 5.75 Å². The lowest BCUT2D eigenvalue weighted by Gasteiger charge is -2.10. The van der Waals surface area contributed by atoms with Crippen LogP contribution in [0.4, 0.5) is 4.39 Å². The van der Waals surface area contributed by atoms with Crippen molar-refractivity contribution < 1.29 is 19.2 Å². The third-order valence-electron chi connectivity index (χ3n) is 2.85. The van der Waals surface area contributed by atoms with Crippen LogP contribution < -0.4 is 10.2 Å². The zero-order chi connectivity index (χ0) is 13.8. The van der Waals surface area contributed by atoms with E-state index < -0.39 is 12.9 Å². The van der Waals surface area contributed by atoms with E-state index in [4.69, 9.17) is 14.8 Å². The second-order valence-electron chi connectivity index (χ2n) is 4.31. The molecule has 5 heteroatoms. The first-order valence-electron chi connectivity index (χ1n) is 5.90. The Morgan fingerprint density at radius 3 is 2.58 bits per heavy atom. The second kappa shape index (κ2) is 5.86. The molecule has 2 aromatic carbocycles. The van der Waals surface area contributed by atoms with E-state index in [1.165, 1.54) is 12.1 Å². The minimum absolute atomic E-state index is 0.0692. The molecule has 0 saturated heterocycles. The van der Waals surface area contributed by atoms with Crippen LogP contribution in [0, 0.1) is 12.7 Å². The van der Waals surface area contributed by atoms with E-state index in [2.05, 4.69) is 0 Å². The number of aryl methyl sites for hydroxylation is 1. The van der Waals surface area contributed by atoms with Crippen molar-refractivity contribution in [3.8, 4) is 5.75 Å². The molecule has 0 unspecified atom stereocenters. The highest BCUT2D eigenvalue weighted by Gasteiger charge is 2.13. The van der Waals surface area contributed by atoms with Crippen LogP contribution in [-0.2, 0) is 6.61 Å². The molecule has 2 N–H and O–H groups in total. The first-order valence-corrected chi connectivity index (χ1v) is 5.90. The molecule has 98 valence electrons. The SMILES string of the molecule is Cc1ccccc1COc1cc(F)cc(B(O)O)c1. The van der Waals surface area contributed by atoms with E-state index >= 15 is 0 Å². The van der Waals surface area contributed by atoms with Crippen LogP contribution in [0.1, 0.15) is 11.1 Å². The summed E-state index contributed by atoms with van der Waals surface area (Å²) in [5.74, 6) is -0.295. The van der Waals surface area contributed by atoms with Crippen molar-refractivity contribution in [3.05, 3.63) is 59.4 Å². The highest BCUT2D eigenvalue weighted by Crippen LogP contribution is 2.15. The summed E-state index contributed by atoms with van der Waals surface area (Å²) >= 11 is 0. The summed E-state index contributed by atoms with van der Waals surface area (Å²) < 4.78 is 18.8. The second-order valence-corrected chi connectivity index (χ2v) is 4.31. The van der Waals surface area contributed by atoms with Gasteiger partial charge in [-0.2, -0.15) is 0 Å². The van der Waals surface area contributed by atoms with Gasteiger partial charge in [-0.15, -0.1) is 0 Å². The van der Waals surface area contributed by atoms with Gasteiger partial charge in [-0.3, -0.25) is 0 Å². The highest BCUT2D eigenvalue weighted by molar-refractivity contribution is 6.58. The molecule has 3 nitrogen and oxygen atoms in total. The monoisotopic (exact) mass is 260 g/mol. The third kappa shape index (κ3) is 3.56. The normalized spacial score (nSPS) is 10.3. The molecule has 0 heterocycles. The molecule has 0 spiro atoms. The molecule has 0 aliphatic rings. The van der Waals surface area contributed by atoms with Gasteiger partial charge >= 0.3 is 7.12 Å². The molecular weight excluding hydrogens is 246 g/mol. The number of rotatable bonds is 4. The van der Waals surface area contributed by atoms with Crippen molar-refractivity contribution in [2.24, 2.45) is 0 Å². The molecule has 0 aliphatic heterocycles. The number of hydrogen-bond donors (Lipinski definition) is 2. The highest BCUT2D eigenvalue weighted by atomic mass is 19.1. The van der Waals surface area contributed by atoms with Gasteiger partial charge in [-0.05, 0) is 35.6 Å². The zero-order valence-electron chi connectivity index (χ0n) is 10.5. The Morgan fingerprint density at radius 1 is 1.16 bits per heavy atom. The zero-order valence-corrected chi connectivity index (χ0v) is 10.5. The van der Waals surface area contributed by atoms with Crippen molar-refractivity contribution in [3.63, 3.8) is 0 Å². The predicted molar refractivity (Wildman–Crippen MR) is 71.7 cm³/mol. The Morgan fingerprint density at radius 2 is 1.89 bits per heavy atom. The Hall–Kier alpha value is -1.85. The maximum atomic E-state index is 13.3. The molecule has 0 atom stereocenters. The van der Waals surface area contributed by atoms with Crippen LogP contribution >= 0.6 is 0 Å². The Labute approximate surface area is 111 Å². The van der Waals surface area contributed by atoms with E-state index in [-0.39, 0.29) is 11.2 Å². The molecule has 0 aliphatic carbocycles. The lowest BCUT2D eigenvalue weighted by Crippen LogP contribution is -2.30. The van der Waals surface area contributed by atoms with E-state index in [0.29, 0.717) is 6.61 Å². The predicted octanol–water partition coefficient (Wildman–Crippen LogP) is 1.39. The van der Waals surface area contributed by atoms with Crippen LogP contribution in [-0.4, -0.2) is 17.2 Å². The molecule has 0 aromatic heterocycles. The fraction of sp³-hybridized carbons (Fsp3) is 0.143. The van der Waals surface area contributed by atoms with Gasteiger partial charge in [0.2, 0.25) is 0 Å². The summed E-state index contributed by atoms with van der Waals surface area (Å²) in [6.45, 7) is 2.27. The van der Waals surface area contributed by atoms with E-state index in [0.717, 1.165) is 17.2 Å². The van der Waals surface area contributed by atoms with Gasteiger partial charge < -0.3 is 14.8 Å². The summed E-state index contributed by atoms with van der Waals surface area (Å²) in [5, 5.41) is 18.1. The lowest BCUT2D eigenvalue weighted by molar-refractivity contribution is 0.304. The molecule has 0 radical (unpaired) electrons. The maximum Gasteiger partial charge on any atom is 0.488 e. The van der Waals surface area contributed by atoms with Crippen molar-refractivity contribution in [1.29, 1.82) is 0 Å². The summed E-state index contributed by atoms with van der Waals surface area (Å²) in [5.41, 5.74) is 2.15. The molecule has 0 fully saturated rings. The van der Waals surface area contributed by atoms with Crippen molar-refractivity contribution in [1.82, 2.24) is 0 Å². The maximum absolute atomic E-state index is 13.3. The van der Waals surface area contributed by atoms with Gasteiger partial charge in [0.05, 0.1) is 0 Å². The fourth-order valence-corrected chi connectivity index (χ4v) is 1.75.